The summed E-state index contributed by atoms with van der Waals surface area (Å²) >= 11 is 0. The van der Waals surface area contributed by atoms with Crippen molar-refractivity contribution in [3.63, 3.8) is 0 Å². The van der Waals surface area contributed by atoms with Crippen molar-refractivity contribution in [1.82, 2.24) is 0 Å². The summed E-state index contributed by atoms with van der Waals surface area (Å²) in [6.45, 7) is 4.59. The number of fused-ring (bicyclic) bond motifs is 5. The van der Waals surface area contributed by atoms with Gasteiger partial charge in [0.1, 0.15) is 5.60 Å². The van der Waals surface area contributed by atoms with Crippen LogP contribution in [0.4, 0.5) is 0 Å². The molecule has 4 rings (SSSR count). The molecule has 0 radical (unpaired) electrons. The Hall–Kier alpha value is -1.07. The minimum absolute atomic E-state index is 0.122. The molecule has 124 valence electrons. The third kappa shape index (κ3) is 1.96. The highest BCUT2D eigenvalue weighted by Gasteiger charge is 2.62. The van der Waals surface area contributed by atoms with E-state index in [1.807, 2.05) is 6.08 Å². The zero-order chi connectivity index (χ0) is 16.4. The molecule has 0 spiro atoms. The fourth-order valence-corrected chi connectivity index (χ4v) is 6.84. The maximum atomic E-state index is 11.8. The van der Waals surface area contributed by atoms with E-state index in [1.165, 1.54) is 5.57 Å². The highest BCUT2D eigenvalue weighted by molar-refractivity contribution is 5.91. The molecule has 1 N–H and O–H groups in total. The van der Waals surface area contributed by atoms with E-state index in [1.54, 1.807) is 0 Å². The number of hydrogen-bond donors (Lipinski definition) is 1. The second-order valence-corrected chi connectivity index (χ2v) is 8.86. The molecule has 0 aromatic rings. The van der Waals surface area contributed by atoms with Gasteiger partial charge >= 0.3 is 0 Å². The first-order chi connectivity index (χ1) is 10.9. The van der Waals surface area contributed by atoms with Crippen LogP contribution in [0.15, 0.2) is 11.6 Å². The van der Waals surface area contributed by atoms with E-state index in [-0.39, 0.29) is 5.41 Å². The number of carbonyl (C=O) groups is 1. The fourth-order valence-electron chi connectivity index (χ4n) is 6.84. The predicted octanol–water partition coefficient (Wildman–Crippen LogP) is 3.74. The van der Waals surface area contributed by atoms with Crippen molar-refractivity contribution in [2.45, 2.75) is 64.4 Å². The van der Waals surface area contributed by atoms with Gasteiger partial charge in [-0.3, -0.25) is 4.79 Å². The van der Waals surface area contributed by atoms with Crippen LogP contribution in [0.3, 0.4) is 0 Å². The van der Waals surface area contributed by atoms with Crippen molar-refractivity contribution in [2.75, 3.05) is 0 Å². The molecule has 3 saturated carbocycles. The van der Waals surface area contributed by atoms with Gasteiger partial charge in [-0.25, -0.2) is 0 Å². The minimum atomic E-state index is -0.916. The summed E-state index contributed by atoms with van der Waals surface area (Å²) in [6, 6.07) is 0. The maximum absolute atomic E-state index is 11.8. The molecule has 4 aliphatic rings. The van der Waals surface area contributed by atoms with Gasteiger partial charge < -0.3 is 5.11 Å². The Labute approximate surface area is 139 Å². The molecule has 0 aromatic heterocycles. The lowest BCUT2D eigenvalue weighted by Gasteiger charge is -2.56. The molecule has 0 aromatic carbocycles. The zero-order valence-corrected chi connectivity index (χ0v) is 14.3. The number of ketones is 1. The van der Waals surface area contributed by atoms with Crippen molar-refractivity contribution in [3.8, 4) is 12.3 Å². The largest absolute Gasteiger partial charge is 0.377 e. The molecule has 0 saturated heterocycles. The van der Waals surface area contributed by atoms with E-state index in [2.05, 4.69) is 19.8 Å². The minimum Gasteiger partial charge on any atom is -0.377 e. The standard InChI is InChI=1S/C21H28O2/c1-4-21(23)10-8-18-19-13(2)11-14-12-15(22)5-6-16(14)17(19)7-9-20(18,21)3/h1,12-13,16-19,23H,5-11H2,2-3H3/t13-,16?,17+,18-,19+,20-,21-/m0/s1. The number of rotatable bonds is 0. The van der Waals surface area contributed by atoms with Crippen LogP contribution in [0.2, 0.25) is 0 Å². The normalized spacial score (nSPS) is 52.0. The summed E-state index contributed by atoms with van der Waals surface area (Å²) in [5, 5.41) is 11.0. The van der Waals surface area contributed by atoms with Gasteiger partial charge in [-0.05, 0) is 74.2 Å². The molecule has 3 fully saturated rings. The molecular weight excluding hydrogens is 284 g/mol. The number of hydrogen-bond acceptors (Lipinski definition) is 2. The van der Waals surface area contributed by atoms with E-state index in [4.69, 9.17) is 6.42 Å². The molecule has 2 nitrogen and oxygen atoms in total. The van der Waals surface area contributed by atoms with Crippen LogP contribution in [0.25, 0.3) is 0 Å². The van der Waals surface area contributed by atoms with Gasteiger partial charge in [0, 0.05) is 11.8 Å². The average molecular weight is 312 g/mol. The summed E-state index contributed by atoms with van der Waals surface area (Å²) < 4.78 is 0. The van der Waals surface area contributed by atoms with Gasteiger partial charge in [-0.1, -0.05) is 25.3 Å². The van der Waals surface area contributed by atoms with Crippen LogP contribution >= 0.6 is 0 Å². The van der Waals surface area contributed by atoms with Crippen molar-refractivity contribution in [3.05, 3.63) is 11.6 Å². The number of carbonyl (C=O) groups excluding carboxylic acids is 1. The van der Waals surface area contributed by atoms with Crippen LogP contribution in [-0.2, 0) is 4.79 Å². The topological polar surface area (TPSA) is 37.3 Å². The number of aliphatic hydroxyl groups is 1. The first-order valence-corrected chi connectivity index (χ1v) is 9.33. The van der Waals surface area contributed by atoms with E-state index < -0.39 is 5.60 Å². The van der Waals surface area contributed by atoms with Crippen LogP contribution in [0, 0.1) is 47.3 Å². The third-order valence-electron chi connectivity index (χ3n) is 8.03. The van der Waals surface area contributed by atoms with Gasteiger partial charge in [0.15, 0.2) is 5.78 Å². The van der Waals surface area contributed by atoms with Crippen LogP contribution < -0.4 is 0 Å². The second kappa shape index (κ2) is 4.96. The van der Waals surface area contributed by atoms with Gasteiger partial charge in [0.2, 0.25) is 0 Å². The Bertz CT molecular complexity index is 612. The SMILES string of the molecule is C#C[C@]1(O)CC[C@H]2[C@H]3[C@H](CC[C@@]21C)C1CCC(=O)C=C1C[C@@H]3C. The summed E-state index contributed by atoms with van der Waals surface area (Å²) in [5.41, 5.74) is 0.382. The Morgan fingerprint density at radius 3 is 2.83 bits per heavy atom. The lowest BCUT2D eigenvalue weighted by Crippen LogP contribution is -2.53. The summed E-state index contributed by atoms with van der Waals surface area (Å²) in [7, 11) is 0. The summed E-state index contributed by atoms with van der Waals surface area (Å²) in [4.78, 5) is 11.8. The van der Waals surface area contributed by atoms with Crippen molar-refractivity contribution in [1.29, 1.82) is 0 Å². The smallest absolute Gasteiger partial charge is 0.155 e. The molecule has 0 amide bonds. The number of terminal acetylenes is 1. The van der Waals surface area contributed by atoms with E-state index in [9.17, 15) is 9.90 Å². The average Bonchev–Trinajstić information content (AvgIpc) is 2.79. The molecule has 0 aliphatic heterocycles. The highest BCUT2D eigenvalue weighted by atomic mass is 16.3. The molecule has 1 unspecified atom stereocenters. The van der Waals surface area contributed by atoms with E-state index in [0.717, 1.165) is 44.9 Å². The molecule has 23 heavy (non-hydrogen) atoms. The van der Waals surface area contributed by atoms with Gasteiger partial charge in [-0.2, -0.15) is 0 Å². The Morgan fingerprint density at radius 1 is 1.30 bits per heavy atom. The Balaban J connectivity index is 1.70. The Kier molecular flexibility index (Phi) is 3.34. The molecule has 4 aliphatic carbocycles. The first-order valence-electron chi connectivity index (χ1n) is 9.33. The number of allylic oxidation sites excluding steroid dienone is 1. The molecule has 0 heterocycles. The summed E-state index contributed by atoms with van der Waals surface area (Å²) in [5.74, 6) is 6.17. The first kappa shape index (κ1) is 15.5. The second-order valence-electron chi connectivity index (χ2n) is 8.86. The third-order valence-corrected chi connectivity index (χ3v) is 8.03. The quantitative estimate of drug-likeness (QED) is 0.692. The van der Waals surface area contributed by atoms with E-state index >= 15 is 0 Å². The van der Waals surface area contributed by atoms with E-state index in [0.29, 0.717) is 35.4 Å². The molecule has 7 atom stereocenters. The monoisotopic (exact) mass is 312 g/mol. The fraction of sp³-hybridized carbons (Fsp3) is 0.762. The maximum Gasteiger partial charge on any atom is 0.155 e. The van der Waals surface area contributed by atoms with Gasteiger partial charge in [-0.15, -0.1) is 6.42 Å². The van der Waals surface area contributed by atoms with Crippen molar-refractivity contribution >= 4 is 5.78 Å². The van der Waals surface area contributed by atoms with Crippen LogP contribution in [-0.4, -0.2) is 16.5 Å². The predicted molar refractivity (Wildman–Crippen MR) is 90.4 cm³/mol. The Morgan fingerprint density at radius 2 is 2.09 bits per heavy atom. The van der Waals surface area contributed by atoms with Crippen LogP contribution in [0.5, 0.6) is 0 Å². The van der Waals surface area contributed by atoms with Crippen molar-refractivity contribution < 1.29 is 9.90 Å². The van der Waals surface area contributed by atoms with Gasteiger partial charge in [0.05, 0.1) is 0 Å². The van der Waals surface area contributed by atoms with Crippen molar-refractivity contribution in [2.24, 2.45) is 35.0 Å². The summed E-state index contributed by atoms with van der Waals surface area (Å²) in [6.07, 6.45) is 14.5. The highest BCUT2D eigenvalue weighted by Crippen LogP contribution is 2.65. The molecular formula is C21H28O2. The lowest BCUT2D eigenvalue weighted by molar-refractivity contribution is -0.117. The lowest BCUT2D eigenvalue weighted by atomic mass is 9.48. The molecule has 0 bridgehead atoms. The van der Waals surface area contributed by atoms with Gasteiger partial charge in [0.25, 0.3) is 0 Å². The zero-order valence-electron chi connectivity index (χ0n) is 14.3. The molecule has 2 heteroatoms. The van der Waals surface area contributed by atoms with Crippen LogP contribution in [0.1, 0.15) is 58.8 Å².